The first-order valence-corrected chi connectivity index (χ1v) is 6.08. The summed E-state index contributed by atoms with van der Waals surface area (Å²) in [6.45, 7) is 0. The van der Waals surface area contributed by atoms with Crippen LogP contribution in [-0.2, 0) is 20.7 Å². The fourth-order valence-corrected chi connectivity index (χ4v) is 2.01. The number of hydrogen-bond acceptors (Lipinski definition) is 3. The van der Waals surface area contributed by atoms with Gasteiger partial charge in [0.1, 0.15) is 17.6 Å². The molecule has 1 unspecified atom stereocenters. The first-order valence-electron chi connectivity index (χ1n) is 6.08. The summed E-state index contributed by atoms with van der Waals surface area (Å²) in [7, 11) is 1.18. The van der Waals surface area contributed by atoms with Crippen LogP contribution < -0.4 is 0 Å². The standard InChI is InChI=1S/C14H14F2O3/c1-19-14(18)11(13(17)8-2-3-8)7-9-6-10(15)4-5-12(9)16/h4-6,8,11H,2-3,7H2,1H3. The third kappa shape index (κ3) is 3.16. The number of benzene rings is 1. The zero-order valence-electron chi connectivity index (χ0n) is 10.5. The van der Waals surface area contributed by atoms with Crippen LogP contribution in [0.2, 0.25) is 0 Å². The summed E-state index contributed by atoms with van der Waals surface area (Å²) in [5.41, 5.74) is 0.0180. The van der Waals surface area contributed by atoms with Crippen molar-refractivity contribution >= 4 is 11.8 Å². The van der Waals surface area contributed by atoms with Gasteiger partial charge in [0.2, 0.25) is 0 Å². The molecule has 0 N–H and O–H groups in total. The molecular formula is C14H14F2O3. The molecule has 1 atom stereocenters. The van der Waals surface area contributed by atoms with Gasteiger partial charge < -0.3 is 4.74 Å². The maximum atomic E-state index is 13.5. The highest BCUT2D eigenvalue weighted by atomic mass is 19.1. The minimum atomic E-state index is -1.05. The highest BCUT2D eigenvalue weighted by molar-refractivity contribution is 6.01. The lowest BCUT2D eigenvalue weighted by Crippen LogP contribution is -2.29. The average molecular weight is 268 g/mol. The first kappa shape index (κ1) is 13.6. The molecule has 1 aliphatic carbocycles. The summed E-state index contributed by atoms with van der Waals surface area (Å²) < 4.78 is 31.2. The maximum absolute atomic E-state index is 13.5. The smallest absolute Gasteiger partial charge is 0.316 e. The van der Waals surface area contributed by atoms with E-state index >= 15 is 0 Å². The summed E-state index contributed by atoms with van der Waals surface area (Å²) >= 11 is 0. The van der Waals surface area contributed by atoms with E-state index in [1.807, 2.05) is 0 Å². The molecule has 0 heterocycles. The lowest BCUT2D eigenvalue weighted by Gasteiger charge is -2.13. The molecule has 0 aliphatic heterocycles. The third-order valence-corrected chi connectivity index (χ3v) is 3.24. The van der Waals surface area contributed by atoms with Crippen molar-refractivity contribution in [1.82, 2.24) is 0 Å². The van der Waals surface area contributed by atoms with Crippen LogP contribution in [0, 0.1) is 23.5 Å². The average Bonchev–Trinajstić information content (AvgIpc) is 3.22. The zero-order valence-corrected chi connectivity index (χ0v) is 10.5. The number of hydrogen-bond donors (Lipinski definition) is 0. The largest absolute Gasteiger partial charge is 0.468 e. The zero-order chi connectivity index (χ0) is 14.0. The van der Waals surface area contributed by atoms with Crippen molar-refractivity contribution in [2.45, 2.75) is 19.3 Å². The summed E-state index contributed by atoms with van der Waals surface area (Å²) in [6, 6.07) is 2.99. The van der Waals surface area contributed by atoms with Crippen molar-refractivity contribution in [2.75, 3.05) is 7.11 Å². The number of rotatable bonds is 5. The van der Waals surface area contributed by atoms with E-state index in [1.54, 1.807) is 0 Å². The molecule has 5 heteroatoms. The van der Waals surface area contributed by atoms with Crippen LogP contribution in [0.15, 0.2) is 18.2 Å². The van der Waals surface area contributed by atoms with Crippen LogP contribution in [-0.4, -0.2) is 18.9 Å². The molecule has 0 radical (unpaired) electrons. The number of Topliss-reactive ketones (excluding diaryl/α,β-unsaturated/α-hetero) is 1. The van der Waals surface area contributed by atoms with Gasteiger partial charge in [0.05, 0.1) is 7.11 Å². The summed E-state index contributed by atoms with van der Waals surface area (Å²) in [6.07, 6.45) is 1.33. The minimum Gasteiger partial charge on any atom is -0.468 e. The van der Waals surface area contributed by atoms with Crippen molar-refractivity contribution < 1.29 is 23.1 Å². The Hall–Kier alpha value is -1.78. The fourth-order valence-electron chi connectivity index (χ4n) is 2.01. The normalized spacial score (nSPS) is 15.9. The van der Waals surface area contributed by atoms with Crippen LogP contribution in [0.1, 0.15) is 18.4 Å². The van der Waals surface area contributed by atoms with Crippen LogP contribution in [0.5, 0.6) is 0 Å². The van der Waals surface area contributed by atoms with E-state index < -0.39 is 23.5 Å². The van der Waals surface area contributed by atoms with Crippen LogP contribution >= 0.6 is 0 Å². The Bertz CT molecular complexity index is 509. The van der Waals surface area contributed by atoms with Crippen LogP contribution in [0.25, 0.3) is 0 Å². The quantitative estimate of drug-likeness (QED) is 0.608. The van der Waals surface area contributed by atoms with Crippen LogP contribution in [0.3, 0.4) is 0 Å². The van der Waals surface area contributed by atoms with Gasteiger partial charge >= 0.3 is 5.97 Å². The first-order chi connectivity index (χ1) is 9.02. The predicted molar refractivity (Wildman–Crippen MR) is 63.3 cm³/mol. The summed E-state index contributed by atoms with van der Waals surface area (Å²) in [5.74, 6) is -3.34. The van der Waals surface area contributed by atoms with Gasteiger partial charge in [-0.2, -0.15) is 0 Å². The molecule has 3 nitrogen and oxygen atoms in total. The Morgan fingerprint density at radius 1 is 1.37 bits per heavy atom. The monoisotopic (exact) mass is 268 g/mol. The van der Waals surface area contributed by atoms with Crippen molar-refractivity contribution in [1.29, 1.82) is 0 Å². The molecule has 0 spiro atoms. The van der Waals surface area contributed by atoms with Gasteiger partial charge in [0.15, 0.2) is 5.78 Å². The predicted octanol–water partition coefficient (Wildman–Crippen LogP) is 2.28. The Morgan fingerprint density at radius 2 is 2.05 bits per heavy atom. The molecule has 1 aromatic rings. The summed E-state index contributed by atoms with van der Waals surface area (Å²) in [4.78, 5) is 23.6. The topological polar surface area (TPSA) is 43.4 Å². The number of esters is 1. The molecule has 2 rings (SSSR count). The minimum absolute atomic E-state index is 0.0180. The molecule has 102 valence electrons. The van der Waals surface area contributed by atoms with E-state index in [2.05, 4.69) is 4.74 Å². The number of halogens is 2. The lowest BCUT2D eigenvalue weighted by atomic mass is 9.92. The van der Waals surface area contributed by atoms with Crippen molar-refractivity contribution in [3.8, 4) is 0 Å². The highest BCUT2D eigenvalue weighted by Gasteiger charge is 2.39. The maximum Gasteiger partial charge on any atom is 0.316 e. The van der Waals surface area contributed by atoms with E-state index in [0.717, 1.165) is 31.0 Å². The molecule has 0 amide bonds. The molecule has 1 aliphatic rings. The van der Waals surface area contributed by atoms with Gasteiger partial charge in [-0.05, 0) is 43.0 Å². The molecule has 0 saturated heterocycles. The lowest BCUT2D eigenvalue weighted by molar-refractivity contribution is -0.149. The Labute approximate surface area is 109 Å². The van der Waals surface area contributed by atoms with Gasteiger partial charge in [-0.25, -0.2) is 8.78 Å². The third-order valence-electron chi connectivity index (χ3n) is 3.24. The van der Waals surface area contributed by atoms with Gasteiger partial charge in [-0.3, -0.25) is 9.59 Å². The number of ketones is 1. The second kappa shape index (κ2) is 5.47. The molecule has 0 aromatic heterocycles. The van der Waals surface area contributed by atoms with E-state index in [0.29, 0.717) is 0 Å². The second-order valence-electron chi connectivity index (χ2n) is 4.69. The van der Waals surface area contributed by atoms with Gasteiger partial charge in [-0.1, -0.05) is 0 Å². The number of methoxy groups -OCH3 is 1. The highest BCUT2D eigenvalue weighted by Crippen LogP contribution is 2.34. The van der Waals surface area contributed by atoms with Gasteiger partial charge in [0.25, 0.3) is 0 Å². The molecule has 1 fully saturated rings. The molecule has 19 heavy (non-hydrogen) atoms. The van der Waals surface area contributed by atoms with E-state index in [1.165, 1.54) is 7.11 Å². The van der Waals surface area contributed by atoms with Crippen molar-refractivity contribution in [2.24, 2.45) is 11.8 Å². The fraction of sp³-hybridized carbons (Fsp3) is 0.429. The van der Waals surface area contributed by atoms with E-state index in [4.69, 9.17) is 0 Å². The van der Waals surface area contributed by atoms with E-state index in [-0.39, 0.29) is 23.7 Å². The molecule has 1 aromatic carbocycles. The SMILES string of the molecule is COC(=O)C(Cc1cc(F)ccc1F)C(=O)C1CC1. The molecule has 0 bridgehead atoms. The molecule has 1 saturated carbocycles. The Balaban J connectivity index is 2.21. The Kier molecular flexibility index (Phi) is 3.93. The molecular weight excluding hydrogens is 254 g/mol. The number of carbonyl (C=O) groups excluding carboxylic acids is 2. The second-order valence-corrected chi connectivity index (χ2v) is 4.69. The number of ether oxygens (including phenoxy) is 1. The van der Waals surface area contributed by atoms with Crippen molar-refractivity contribution in [3.63, 3.8) is 0 Å². The van der Waals surface area contributed by atoms with E-state index in [9.17, 15) is 18.4 Å². The number of carbonyl (C=O) groups is 2. The van der Waals surface area contributed by atoms with Crippen LogP contribution in [0.4, 0.5) is 8.78 Å². The van der Waals surface area contributed by atoms with Gasteiger partial charge in [0, 0.05) is 5.92 Å². The van der Waals surface area contributed by atoms with Gasteiger partial charge in [-0.15, -0.1) is 0 Å². The van der Waals surface area contributed by atoms with Crippen molar-refractivity contribution in [3.05, 3.63) is 35.4 Å². The summed E-state index contributed by atoms with van der Waals surface area (Å²) in [5, 5.41) is 0. The Morgan fingerprint density at radius 3 is 2.63 bits per heavy atom.